The van der Waals surface area contributed by atoms with Crippen LogP contribution in [0.3, 0.4) is 0 Å². The van der Waals surface area contributed by atoms with E-state index < -0.39 is 29.5 Å². The third kappa shape index (κ3) is 4.04. The fourth-order valence-electron chi connectivity index (χ4n) is 2.40. The zero-order valence-corrected chi connectivity index (χ0v) is 11.7. The van der Waals surface area contributed by atoms with Gasteiger partial charge in [-0.1, -0.05) is 36.4 Å². The summed E-state index contributed by atoms with van der Waals surface area (Å²) in [5.74, 6) is 0. The highest BCUT2D eigenvalue weighted by Gasteiger charge is 2.36. The number of benzene rings is 2. The molecule has 124 valence electrons. The molecule has 23 heavy (non-hydrogen) atoms. The van der Waals surface area contributed by atoms with Crippen molar-refractivity contribution in [1.82, 2.24) is 0 Å². The second-order valence-electron chi connectivity index (χ2n) is 5.05. The Labute approximate surface area is 128 Å². The number of nitrogens with two attached hydrogens (primary N) is 1. The van der Waals surface area contributed by atoms with Gasteiger partial charge in [-0.25, -0.2) is 0 Å². The number of hydrogen-bond acceptors (Lipinski definition) is 1. The molecule has 7 heteroatoms. The fraction of sp³-hybridized carbons (Fsp3) is 0.250. The molecule has 0 heterocycles. The molecule has 0 fully saturated rings. The Morgan fingerprint density at radius 1 is 0.739 bits per heavy atom. The maximum absolute atomic E-state index is 13.0. The Bertz CT molecular complexity index is 675. The first-order valence-electron chi connectivity index (χ1n) is 6.67. The lowest BCUT2D eigenvalue weighted by molar-refractivity contribution is -0.139. The van der Waals surface area contributed by atoms with E-state index in [-0.39, 0.29) is 17.5 Å². The lowest BCUT2D eigenvalue weighted by Crippen LogP contribution is -2.21. The van der Waals surface area contributed by atoms with Gasteiger partial charge >= 0.3 is 12.4 Å². The maximum Gasteiger partial charge on any atom is 0.416 e. The summed E-state index contributed by atoms with van der Waals surface area (Å²) in [5.41, 5.74) is 3.59. The second kappa shape index (κ2) is 6.23. The molecule has 0 aliphatic carbocycles. The van der Waals surface area contributed by atoms with Crippen LogP contribution in [0.4, 0.5) is 26.3 Å². The van der Waals surface area contributed by atoms with E-state index >= 15 is 0 Å². The van der Waals surface area contributed by atoms with Gasteiger partial charge in [-0.15, -0.1) is 0 Å². The molecule has 0 aliphatic heterocycles. The summed E-state index contributed by atoms with van der Waals surface area (Å²) in [6.45, 7) is 0. The lowest BCUT2D eigenvalue weighted by atomic mass is 9.93. The second-order valence-corrected chi connectivity index (χ2v) is 5.05. The Kier molecular flexibility index (Phi) is 4.70. The van der Waals surface area contributed by atoms with Crippen LogP contribution in [0.2, 0.25) is 0 Å². The fourth-order valence-corrected chi connectivity index (χ4v) is 2.40. The van der Waals surface area contributed by atoms with Gasteiger partial charge in [0, 0.05) is 6.04 Å². The van der Waals surface area contributed by atoms with Crippen LogP contribution < -0.4 is 5.73 Å². The number of halogens is 6. The summed E-state index contributed by atoms with van der Waals surface area (Å²) >= 11 is 0. The average molecular weight is 333 g/mol. The highest BCUT2D eigenvalue weighted by molar-refractivity contribution is 5.36. The predicted molar refractivity (Wildman–Crippen MR) is 73.5 cm³/mol. The molecule has 0 amide bonds. The van der Waals surface area contributed by atoms with Crippen molar-refractivity contribution in [3.63, 3.8) is 0 Å². The van der Waals surface area contributed by atoms with Gasteiger partial charge in [-0.2, -0.15) is 26.3 Å². The molecule has 0 saturated carbocycles. The van der Waals surface area contributed by atoms with Crippen molar-refractivity contribution in [2.45, 2.75) is 24.8 Å². The third-order valence-corrected chi connectivity index (χ3v) is 3.43. The number of hydrogen-bond donors (Lipinski definition) is 1. The molecule has 0 radical (unpaired) electrons. The van der Waals surface area contributed by atoms with Crippen molar-refractivity contribution < 1.29 is 26.3 Å². The molecular formula is C16H13F6N. The summed E-state index contributed by atoms with van der Waals surface area (Å²) in [6, 6.07) is 8.17. The zero-order chi connectivity index (χ0) is 17.3. The normalized spacial score (nSPS) is 13.9. The molecule has 0 saturated heterocycles. The van der Waals surface area contributed by atoms with Crippen molar-refractivity contribution in [3.05, 3.63) is 70.8 Å². The van der Waals surface area contributed by atoms with Gasteiger partial charge in [0.05, 0.1) is 11.1 Å². The van der Waals surface area contributed by atoms with E-state index in [2.05, 4.69) is 0 Å². The molecule has 1 atom stereocenters. The number of rotatable bonds is 3. The quantitative estimate of drug-likeness (QED) is 0.789. The van der Waals surface area contributed by atoms with Crippen LogP contribution in [-0.4, -0.2) is 0 Å². The van der Waals surface area contributed by atoms with Crippen molar-refractivity contribution in [2.24, 2.45) is 5.73 Å². The van der Waals surface area contributed by atoms with Crippen molar-refractivity contribution in [3.8, 4) is 0 Å². The van der Waals surface area contributed by atoms with Crippen LogP contribution in [0.25, 0.3) is 0 Å². The topological polar surface area (TPSA) is 26.0 Å². The molecule has 1 nitrogen and oxygen atoms in total. The minimum absolute atomic E-state index is 0.135. The van der Waals surface area contributed by atoms with E-state index in [0.717, 1.165) is 12.1 Å². The Balaban J connectivity index is 2.37. The van der Waals surface area contributed by atoms with Crippen LogP contribution in [0.15, 0.2) is 48.5 Å². The van der Waals surface area contributed by atoms with Crippen LogP contribution in [0.5, 0.6) is 0 Å². The molecule has 1 unspecified atom stereocenters. The first kappa shape index (κ1) is 17.3. The Morgan fingerprint density at radius 2 is 1.22 bits per heavy atom. The Hall–Kier alpha value is -2.02. The van der Waals surface area contributed by atoms with Crippen molar-refractivity contribution >= 4 is 0 Å². The molecule has 0 spiro atoms. The predicted octanol–water partition coefficient (Wildman–Crippen LogP) is 4.97. The molecule has 2 N–H and O–H groups in total. The van der Waals surface area contributed by atoms with Crippen LogP contribution in [-0.2, 0) is 18.8 Å². The zero-order valence-electron chi connectivity index (χ0n) is 11.7. The summed E-state index contributed by atoms with van der Waals surface area (Å²) in [5, 5.41) is 0. The van der Waals surface area contributed by atoms with Gasteiger partial charge in [0.2, 0.25) is 0 Å². The summed E-state index contributed by atoms with van der Waals surface area (Å²) in [7, 11) is 0. The number of alkyl halides is 6. The summed E-state index contributed by atoms with van der Waals surface area (Å²) in [6.07, 6.45) is -9.54. The average Bonchev–Trinajstić information content (AvgIpc) is 2.46. The highest BCUT2D eigenvalue weighted by Crippen LogP contribution is 2.37. The van der Waals surface area contributed by atoms with Gasteiger partial charge in [-0.05, 0) is 29.7 Å². The molecule has 0 bridgehead atoms. The highest BCUT2D eigenvalue weighted by atomic mass is 19.4. The molecule has 2 aromatic carbocycles. The van der Waals surface area contributed by atoms with Gasteiger partial charge in [0.15, 0.2) is 0 Å². The van der Waals surface area contributed by atoms with E-state index in [1.54, 1.807) is 0 Å². The maximum atomic E-state index is 13.0. The van der Waals surface area contributed by atoms with Gasteiger partial charge in [-0.3, -0.25) is 0 Å². The van der Waals surface area contributed by atoms with Gasteiger partial charge in [0.1, 0.15) is 0 Å². The SMILES string of the molecule is NC(Cc1ccccc1C(F)(F)F)c1ccccc1C(F)(F)F. The molecule has 0 aromatic heterocycles. The first-order chi connectivity index (χ1) is 10.6. The largest absolute Gasteiger partial charge is 0.416 e. The molecule has 2 rings (SSSR count). The van der Waals surface area contributed by atoms with Crippen molar-refractivity contribution in [2.75, 3.05) is 0 Å². The van der Waals surface area contributed by atoms with Crippen LogP contribution in [0, 0.1) is 0 Å². The van der Waals surface area contributed by atoms with E-state index in [1.807, 2.05) is 0 Å². The van der Waals surface area contributed by atoms with Crippen molar-refractivity contribution in [1.29, 1.82) is 0 Å². The van der Waals surface area contributed by atoms with Crippen LogP contribution >= 0.6 is 0 Å². The smallest absolute Gasteiger partial charge is 0.324 e. The lowest BCUT2D eigenvalue weighted by Gasteiger charge is -2.20. The van der Waals surface area contributed by atoms with Crippen LogP contribution in [0.1, 0.15) is 28.3 Å². The van der Waals surface area contributed by atoms with Gasteiger partial charge in [0.25, 0.3) is 0 Å². The summed E-state index contributed by atoms with van der Waals surface area (Å²) in [4.78, 5) is 0. The molecular weight excluding hydrogens is 320 g/mol. The van der Waals surface area contributed by atoms with Gasteiger partial charge < -0.3 is 5.73 Å². The Morgan fingerprint density at radius 3 is 1.78 bits per heavy atom. The monoisotopic (exact) mass is 333 g/mol. The molecule has 2 aromatic rings. The minimum Gasteiger partial charge on any atom is -0.324 e. The third-order valence-electron chi connectivity index (χ3n) is 3.43. The van der Waals surface area contributed by atoms with E-state index in [9.17, 15) is 26.3 Å². The van der Waals surface area contributed by atoms with E-state index in [0.29, 0.717) is 0 Å². The standard InChI is InChI=1S/C16H13F6N/c17-15(18,19)12-7-3-1-5-10(12)9-14(23)11-6-2-4-8-13(11)16(20,21)22/h1-8,14H,9,23H2. The first-order valence-corrected chi connectivity index (χ1v) is 6.67. The van der Waals surface area contributed by atoms with E-state index in [1.165, 1.54) is 36.4 Å². The minimum atomic E-state index is -4.61. The van der Waals surface area contributed by atoms with E-state index in [4.69, 9.17) is 5.73 Å². The summed E-state index contributed by atoms with van der Waals surface area (Å²) < 4.78 is 77.8. The molecule has 0 aliphatic rings.